The van der Waals surface area contributed by atoms with Crippen molar-refractivity contribution in [3.05, 3.63) is 95.1 Å². The fourth-order valence-electron chi connectivity index (χ4n) is 3.84. The molecule has 4 aromatic rings. The molecule has 0 unspecified atom stereocenters. The van der Waals surface area contributed by atoms with E-state index in [0.29, 0.717) is 0 Å². The molecule has 0 atom stereocenters. The molecule has 43 heavy (non-hydrogen) atoms. The molecule has 8 N–H and O–H groups in total. The number of hydrogen-bond donors (Lipinski definition) is 6. The van der Waals surface area contributed by atoms with Gasteiger partial charge in [-0.2, -0.15) is 26.3 Å². The van der Waals surface area contributed by atoms with Crippen molar-refractivity contribution in [2.45, 2.75) is 12.4 Å². The molecule has 0 bridgehead atoms. The van der Waals surface area contributed by atoms with Gasteiger partial charge in [-0.1, -0.05) is 12.1 Å². The predicted molar refractivity (Wildman–Crippen MR) is 144 cm³/mol. The van der Waals surface area contributed by atoms with Crippen LogP contribution in [-0.2, 0) is 12.4 Å². The first-order valence-corrected chi connectivity index (χ1v) is 11.9. The van der Waals surface area contributed by atoms with Gasteiger partial charge in [0.25, 0.3) is 11.8 Å². The highest BCUT2D eigenvalue weighted by molar-refractivity contribution is 6.06. The number of nitrogen functional groups attached to an aromatic ring is 2. The van der Waals surface area contributed by atoms with Crippen LogP contribution in [0.3, 0.4) is 0 Å². The molecule has 0 radical (unpaired) electrons. The lowest BCUT2D eigenvalue weighted by Gasteiger charge is -2.18. The van der Waals surface area contributed by atoms with Gasteiger partial charge in [0.2, 0.25) is 0 Å². The number of ether oxygens (including phenoxy) is 1. The number of aromatic hydroxyl groups is 2. The lowest BCUT2D eigenvalue weighted by atomic mass is 10.1. The summed E-state index contributed by atoms with van der Waals surface area (Å²) in [5.74, 6) is -6.26. The summed E-state index contributed by atoms with van der Waals surface area (Å²) in [4.78, 5) is 25.3. The van der Waals surface area contributed by atoms with E-state index in [0.717, 1.165) is 12.1 Å². The van der Waals surface area contributed by atoms with Gasteiger partial charge in [-0.15, -0.1) is 0 Å². The van der Waals surface area contributed by atoms with Crippen molar-refractivity contribution in [1.29, 1.82) is 0 Å². The summed E-state index contributed by atoms with van der Waals surface area (Å²) in [5.41, 5.74) is 6.47. The zero-order chi connectivity index (χ0) is 31.7. The third kappa shape index (κ3) is 7.01. The van der Waals surface area contributed by atoms with E-state index >= 15 is 0 Å². The monoisotopic (exact) mass is 606 g/mol. The second-order valence-electron chi connectivity index (χ2n) is 8.99. The largest absolute Gasteiger partial charge is 0.505 e. The minimum Gasteiger partial charge on any atom is -0.505 e. The number of phenols is 2. The number of carbonyl (C=O) groups excluding carboxylic acids is 2. The Morgan fingerprint density at radius 2 is 1.00 bits per heavy atom. The van der Waals surface area contributed by atoms with Crippen LogP contribution in [0.1, 0.15) is 31.8 Å². The van der Waals surface area contributed by atoms with Crippen LogP contribution in [0.2, 0.25) is 0 Å². The van der Waals surface area contributed by atoms with Crippen LogP contribution in [0.5, 0.6) is 23.0 Å². The number of halogens is 6. The van der Waals surface area contributed by atoms with E-state index in [1.807, 2.05) is 0 Å². The molecule has 0 aliphatic heterocycles. The summed E-state index contributed by atoms with van der Waals surface area (Å²) in [7, 11) is 0. The van der Waals surface area contributed by atoms with Gasteiger partial charge in [-0.25, -0.2) is 0 Å². The quantitative estimate of drug-likeness (QED) is 0.0820. The van der Waals surface area contributed by atoms with E-state index in [-0.39, 0.29) is 34.6 Å². The van der Waals surface area contributed by atoms with Crippen molar-refractivity contribution in [3.63, 3.8) is 0 Å². The van der Waals surface area contributed by atoms with Crippen molar-refractivity contribution in [1.82, 2.24) is 0 Å². The topological polar surface area (TPSA) is 160 Å². The van der Waals surface area contributed by atoms with Crippen molar-refractivity contribution in [3.8, 4) is 23.0 Å². The van der Waals surface area contributed by atoms with E-state index in [1.165, 1.54) is 48.5 Å². The third-order valence-corrected chi connectivity index (χ3v) is 5.81. The Bertz CT molecular complexity index is 1600. The van der Waals surface area contributed by atoms with Crippen LogP contribution in [-0.4, -0.2) is 22.0 Å². The minimum atomic E-state index is -5.19. The number of anilines is 4. The first-order chi connectivity index (χ1) is 20.0. The number of nitrogens with two attached hydrogens (primary N) is 2. The average molecular weight is 606 g/mol. The number of amides is 2. The van der Waals surface area contributed by atoms with Crippen LogP contribution in [0.25, 0.3) is 0 Å². The Morgan fingerprint density at radius 3 is 1.33 bits per heavy atom. The number of rotatable bonds is 6. The molecule has 0 heterocycles. The van der Waals surface area contributed by atoms with E-state index < -0.39 is 69.7 Å². The van der Waals surface area contributed by atoms with Crippen molar-refractivity contribution in [2.75, 3.05) is 22.1 Å². The first kappa shape index (κ1) is 30.4. The molecule has 0 aromatic heterocycles. The maximum Gasteiger partial charge on any atom is 0.420 e. The summed E-state index contributed by atoms with van der Waals surface area (Å²) < 4.78 is 87.8. The van der Waals surface area contributed by atoms with Crippen molar-refractivity contribution < 1.29 is 50.9 Å². The Morgan fingerprint density at radius 1 is 0.628 bits per heavy atom. The van der Waals surface area contributed by atoms with Crippen LogP contribution < -0.4 is 26.8 Å². The number of benzene rings is 4. The fourth-order valence-corrected chi connectivity index (χ4v) is 3.84. The molecular formula is C28H20F6N4O5. The van der Waals surface area contributed by atoms with Gasteiger partial charge >= 0.3 is 12.4 Å². The molecule has 224 valence electrons. The number of alkyl halides is 6. The van der Waals surface area contributed by atoms with Crippen molar-refractivity contribution in [2.24, 2.45) is 0 Å². The molecule has 0 aliphatic rings. The molecule has 4 aromatic carbocycles. The summed E-state index contributed by atoms with van der Waals surface area (Å²) >= 11 is 0. The predicted octanol–water partition coefficient (Wildman–Crippen LogP) is 6.60. The van der Waals surface area contributed by atoms with Gasteiger partial charge in [0.05, 0.1) is 11.4 Å². The SMILES string of the molecule is Nc1cccc(C(=O)Nc2cc(Oc3cc(NC(=O)c4cccc(N)c4)c(O)c(C(F)(F)F)c3)cc(C(F)(F)F)c2O)c1. The van der Waals surface area contributed by atoms with Gasteiger partial charge in [0.15, 0.2) is 11.5 Å². The fraction of sp³-hybridized carbons (Fsp3) is 0.0714. The maximum absolute atomic E-state index is 13.7. The smallest absolute Gasteiger partial charge is 0.420 e. The van der Waals surface area contributed by atoms with E-state index in [2.05, 4.69) is 10.6 Å². The van der Waals surface area contributed by atoms with E-state index in [9.17, 15) is 46.1 Å². The highest BCUT2D eigenvalue weighted by atomic mass is 19.4. The maximum atomic E-state index is 13.7. The second kappa shape index (κ2) is 11.3. The summed E-state index contributed by atoms with van der Waals surface area (Å²) in [5, 5.41) is 24.7. The molecule has 15 heteroatoms. The van der Waals surface area contributed by atoms with Crippen LogP contribution in [0.4, 0.5) is 49.1 Å². The molecule has 4 rings (SSSR count). The number of nitrogens with one attached hydrogen (secondary N) is 2. The Hall–Kier alpha value is -5.60. The highest BCUT2D eigenvalue weighted by Crippen LogP contribution is 2.46. The van der Waals surface area contributed by atoms with Gasteiger partial charge in [-0.3, -0.25) is 9.59 Å². The molecule has 0 fully saturated rings. The Kier molecular flexibility index (Phi) is 8.01. The van der Waals surface area contributed by atoms with Gasteiger partial charge < -0.3 is 37.1 Å². The molecule has 9 nitrogen and oxygen atoms in total. The van der Waals surface area contributed by atoms with E-state index in [1.54, 1.807) is 0 Å². The first-order valence-electron chi connectivity index (χ1n) is 11.9. The molecule has 0 spiro atoms. The van der Waals surface area contributed by atoms with Gasteiger partial charge in [-0.05, 0) is 48.5 Å². The second-order valence-corrected chi connectivity index (χ2v) is 8.99. The van der Waals surface area contributed by atoms with Crippen molar-refractivity contribution >= 4 is 34.6 Å². The van der Waals surface area contributed by atoms with Gasteiger partial charge in [0, 0.05) is 34.6 Å². The van der Waals surface area contributed by atoms with Gasteiger partial charge in [0.1, 0.15) is 22.6 Å². The summed E-state index contributed by atoms with van der Waals surface area (Å²) in [6.45, 7) is 0. The molecule has 2 amide bonds. The zero-order valence-electron chi connectivity index (χ0n) is 21.5. The Balaban J connectivity index is 1.76. The summed E-state index contributed by atoms with van der Waals surface area (Å²) in [6, 6.07) is 12.8. The zero-order valence-corrected chi connectivity index (χ0v) is 21.5. The van der Waals surface area contributed by atoms with Crippen LogP contribution in [0.15, 0.2) is 72.8 Å². The summed E-state index contributed by atoms with van der Waals surface area (Å²) in [6.07, 6.45) is -10.4. The van der Waals surface area contributed by atoms with Crippen LogP contribution >= 0.6 is 0 Å². The molecule has 0 aliphatic carbocycles. The number of phenolic OH excluding ortho intramolecular Hbond substituents is 2. The number of carbonyl (C=O) groups is 2. The molecular weight excluding hydrogens is 586 g/mol. The Labute approximate surface area is 238 Å². The standard InChI is InChI=1S/C28H20F6N4O5/c29-27(30,31)19-9-17(11-21(23(19)39)37-25(41)13-3-1-5-15(35)7-13)43-18-10-20(28(32,33)34)24(40)22(12-18)38-26(42)14-4-2-6-16(36)8-14/h1-12,39-40H,35-36H2,(H,37,41)(H,38,42). The lowest BCUT2D eigenvalue weighted by Crippen LogP contribution is -2.15. The minimum absolute atomic E-state index is 0.0758. The van der Waals surface area contributed by atoms with Crippen LogP contribution in [0, 0.1) is 0 Å². The third-order valence-electron chi connectivity index (χ3n) is 5.81. The number of hydrogen-bond acceptors (Lipinski definition) is 7. The molecule has 0 saturated heterocycles. The highest BCUT2D eigenvalue weighted by Gasteiger charge is 2.38. The normalized spacial score (nSPS) is 11.6. The van der Waals surface area contributed by atoms with E-state index in [4.69, 9.17) is 16.2 Å². The molecule has 0 saturated carbocycles. The average Bonchev–Trinajstić information content (AvgIpc) is 2.90. The lowest BCUT2D eigenvalue weighted by molar-refractivity contribution is -0.139.